The van der Waals surface area contributed by atoms with Gasteiger partial charge in [0.15, 0.2) is 4.77 Å². The standard InChI is InChI=1S/C20H27N3O2S/c1-2-3-12-21-18(24)15-10-8-14(9-11-15)13-23-19(25)16-6-4-5-7-17(16)22-20(23)26/h4-7,14-15H,2-3,8-13H2,1H3,(H,21,24)(H,22,26). The first-order valence-electron chi connectivity index (χ1n) is 9.59. The van der Waals surface area contributed by atoms with Crippen molar-refractivity contribution in [1.29, 1.82) is 0 Å². The summed E-state index contributed by atoms with van der Waals surface area (Å²) < 4.78 is 2.16. The molecule has 2 N–H and O–H groups in total. The third-order valence-corrected chi connectivity index (χ3v) is 5.70. The molecule has 1 aromatic carbocycles. The van der Waals surface area contributed by atoms with Crippen molar-refractivity contribution in [3.05, 3.63) is 39.4 Å². The first-order valence-corrected chi connectivity index (χ1v) is 10.0. The Morgan fingerprint density at radius 2 is 2.00 bits per heavy atom. The molecule has 6 heteroatoms. The van der Waals surface area contributed by atoms with E-state index >= 15 is 0 Å². The number of nitrogens with one attached hydrogen (secondary N) is 2. The molecule has 0 unspecified atom stereocenters. The lowest BCUT2D eigenvalue weighted by molar-refractivity contribution is -0.126. The zero-order valence-corrected chi connectivity index (χ0v) is 16.1. The van der Waals surface area contributed by atoms with Crippen LogP contribution in [0.1, 0.15) is 45.4 Å². The van der Waals surface area contributed by atoms with Crippen LogP contribution in [0.25, 0.3) is 10.9 Å². The Bertz CT molecular complexity index is 878. The van der Waals surface area contributed by atoms with Gasteiger partial charge in [0.2, 0.25) is 5.91 Å². The van der Waals surface area contributed by atoms with Crippen LogP contribution < -0.4 is 10.9 Å². The fourth-order valence-corrected chi connectivity index (χ4v) is 4.03. The zero-order chi connectivity index (χ0) is 18.5. The molecule has 1 aromatic heterocycles. The number of aromatic amines is 1. The third-order valence-electron chi connectivity index (χ3n) is 5.38. The molecule has 0 radical (unpaired) electrons. The number of amides is 1. The van der Waals surface area contributed by atoms with Gasteiger partial charge >= 0.3 is 0 Å². The Labute approximate surface area is 158 Å². The number of H-pyrrole nitrogens is 1. The Kier molecular flexibility index (Phi) is 6.25. The van der Waals surface area contributed by atoms with Crippen LogP contribution in [0, 0.1) is 16.6 Å². The number of unbranched alkanes of at least 4 members (excludes halogenated alkanes) is 1. The second-order valence-electron chi connectivity index (χ2n) is 7.25. The second kappa shape index (κ2) is 8.62. The van der Waals surface area contributed by atoms with E-state index in [9.17, 15) is 9.59 Å². The highest BCUT2D eigenvalue weighted by atomic mass is 32.1. The predicted molar refractivity (Wildman–Crippen MR) is 107 cm³/mol. The van der Waals surface area contributed by atoms with E-state index in [1.807, 2.05) is 24.3 Å². The van der Waals surface area contributed by atoms with Gasteiger partial charge in [0.25, 0.3) is 5.56 Å². The van der Waals surface area contributed by atoms with Gasteiger partial charge in [-0.1, -0.05) is 25.5 Å². The van der Waals surface area contributed by atoms with Gasteiger partial charge in [0, 0.05) is 19.0 Å². The highest BCUT2D eigenvalue weighted by Crippen LogP contribution is 2.30. The number of carbonyl (C=O) groups excluding carboxylic acids is 1. The van der Waals surface area contributed by atoms with Gasteiger partial charge < -0.3 is 10.3 Å². The number of hydrogen-bond acceptors (Lipinski definition) is 3. The first-order chi connectivity index (χ1) is 12.6. The summed E-state index contributed by atoms with van der Waals surface area (Å²) in [7, 11) is 0. The van der Waals surface area contributed by atoms with Crippen LogP contribution in [0.4, 0.5) is 0 Å². The van der Waals surface area contributed by atoms with Gasteiger partial charge in [-0.25, -0.2) is 0 Å². The molecule has 0 aliphatic heterocycles. The number of hydrogen-bond donors (Lipinski definition) is 2. The van der Waals surface area contributed by atoms with E-state index < -0.39 is 0 Å². The number of fused-ring (bicyclic) bond motifs is 1. The number of benzene rings is 1. The minimum Gasteiger partial charge on any atom is -0.356 e. The number of carbonyl (C=O) groups is 1. The average molecular weight is 374 g/mol. The van der Waals surface area contributed by atoms with Gasteiger partial charge in [-0.15, -0.1) is 0 Å². The van der Waals surface area contributed by atoms with Crippen molar-refractivity contribution in [3.8, 4) is 0 Å². The molecular weight excluding hydrogens is 346 g/mol. The molecule has 26 heavy (non-hydrogen) atoms. The maximum absolute atomic E-state index is 12.8. The monoisotopic (exact) mass is 373 g/mol. The normalized spacial score (nSPS) is 20.2. The lowest BCUT2D eigenvalue weighted by atomic mass is 9.81. The molecule has 140 valence electrons. The summed E-state index contributed by atoms with van der Waals surface area (Å²) in [5.74, 6) is 0.701. The largest absolute Gasteiger partial charge is 0.356 e. The molecule has 1 heterocycles. The van der Waals surface area contributed by atoms with Crippen LogP contribution in [-0.4, -0.2) is 22.0 Å². The summed E-state index contributed by atoms with van der Waals surface area (Å²) in [5, 5.41) is 3.71. The molecule has 5 nitrogen and oxygen atoms in total. The van der Waals surface area contributed by atoms with E-state index in [1.54, 1.807) is 4.57 Å². The van der Waals surface area contributed by atoms with Gasteiger partial charge in [-0.05, 0) is 62.4 Å². The average Bonchev–Trinajstić information content (AvgIpc) is 2.66. The molecule has 1 saturated carbocycles. The van der Waals surface area contributed by atoms with Gasteiger partial charge in [-0.2, -0.15) is 0 Å². The molecule has 0 spiro atoms. The number of aromatic nitrogens is 2. The van der Waals surface area contributed by atoms with Gasteiger partial charge in [0.1, 0.15) is 0 Å². The van der Waals surface area contributed by atoms with E-state index in [4.69, 9.17) is 12.2 Å². The third kappa shape index (κ3) is 4.23. The summed E-state index contributed by atoms with van der Waals surface area (Å²) >= 11 is 5.40. The van der Waals surface area contributed by atoms with Gasteiger partial charge in [0.05, 0.1) is 10.9 Å². The predicted octanol–water partition coefficient (Wildman–Crippen LogP) is 3.78. The number of rotatable bonds is 6. The minimum absolute atomic E-state index is 0.0243. The minimum atomic E-state index is -0.0243. The smallest absolute Gasteiger partial charge is 0.262 e. The van der Waals surface area contributed by atoms with Crippen molar-refractivity contribution < 1.29 is 4.79 Å². The zero-order valence-electron chi connectivity index (χ0n) is 15.3. The van der Waals surface area contributed by atoms with Gasteiger partial charge in [-0.3, -0.25) is 14.2 Å². The van der Waals surface area contributed by atoms with Crippen molar-refractivity contribution in [2.24, 2.45) is 11.8 Å². The van der Waals surface area contributed by atoms with E-state index in [0.717, 1.165) is 50.6 Å². The molecule has 0 atom stereocenters. The molecule has 2 aromatic rings. The Balaban J connectivity index is 1.63. The highest BCUT2D eigenvalue weighted by molar-refractivity contribution is 7.71. The van der Waals surface area contributed by atoms with Crippen LogP contribution in [0.15, 0.2) is 29.1 Å². The molecule has 0 bridgehead atoms. The maximum Gasteiger partial charge on any atom is 0.262 e. The number of para-hydroxylation sites is 1. The fraction of sp³-hybridized carbons (Fsp3) is 0.550. The van der Waals surface area contributed by atoms with Crippen LogP contribution in [0.2, 0.25) is 0 Å². The van der Waals surface area contributed by atoms with E-state index in [2.05, 4.69) is 17.2 Å². The molecule has 1 amide bonds. The molecule has 1 fully saturated rings. The summed E-state index contributed by atoms with van der Waals surface area (Å²) in [4.78, 5) is 28.1. The van der Waals surface area contributed by atoms with Crippen LogP contribution in [0.3, 0.4) is 0 Å². The Hall–Kier alpha value is -1.95. The molecule has 3 rings (SSSR count). The lowest BCUT2D eigenvalue weighted by Gasteiger charge is -2.28. The summed E-state index contributed by atoms with van der Waals surface area (Å²) in [5.41, 5.74) is 0.759. The van der Waals surface area contributed by atoms with Crippen molar-refractivity contribution in [2.75, 3.05) is 6.54 Å². The van der Waals surface area contributed by atoms with Crippen LogP contribution in [0.5, 0.6) is 0 Å². The fourth-order valence-electron chi connectivity index (χ4n) is 3.76. The lowest BCUT2D eigenvalue weighted by Crippen LogP contribution is -2.35. The van der Waals surface area contributed by atoms with Crippen molar-refractivity contribution in [2.45, 2.75) is 52.0 Å². The highest BCUT2D eigenvalue weighted by Gasteiger charge is 2.26. The summed E-state index contributed by atoms with van der Waals surface area (Å²) in [6.07, 6.45) is 5.82. The molecule has 1 aliphatic rings. The molecular formula is C20H27N3O2S. The van der Waals surface area contributed by atoms with Crippen molar-refractivity contribution >= 4 is 29.0 Å². The van der Waals surface area contributed by atoms with Crippen molar-refractivity contribution in [3.63, 3.8) is 0 Å². The van der Waals surface area contributed by atoms with Crippen LogP contribution in [-0.2, 0) is 11.3 Å². The van der Waals surface area contributed by atoms with Crippen molar-refractivity contribution in [1.82, 2.24) is 14.9 Å². The van der Waals surface area contributed by atoms with Crippen LogP contribution >= 0.6 is 12.2 Å². The molecule has 1 aliphatic carbocycles. The van der Waals surface area contributed by atoms with E-state index in [0.29, 0.717) is 22.6 Å². The Morgan fingerprint density at radius 3 is 2.73 bits per heavy atom. The number of nitrogens with zero attached hydrogens (tertiary/aromatic N) is 1. The Morgan fingerprint density at radius 1 is 1.27 bits per heavy atom. The SMILES string of the molecule is CCCCNC(=O)C1CCC(Cn2c(=S)[nH]c3ccccc3c2=O)CC1. The second-order valence-corrected chi connectivity index (χ2v) is 7.64. The van der Waals surface area contributed by atoms with E-state index in [-0.39, 0.29) is 17.4 Å². The quantitative estimate of drug-likeness (QED) is 0.598. The summed E-state index contributed by atoms with van der Waals surface area (Å²) in [6.45, 7) is 3.52. The maximum atomic E-state index is 12.8. The summed E-state index contributed by atoms with van der Waals surface area (Å²) in [6, 6.07) is 7.47. The van der Waals surface area contributed by atoms with E-state index in [1.165, 1.54) is 0 Å². The first kappa shape index (κ1) is 18.8. The topological polar surface area (TPSA) is 66.9 Å². The molecule has 0 saturated heterocycles.